The molecule has 1 aliphatic carbocycles. The third-order valence-corrected chi connectivity index (χ3v) is 5.13. The zero-order valence-electron chi connectivity index (χ0n) is 13.3. The molecule has 1 aromatic carbocycles. The van der Waals surface area contributed by atoms with Gasteiger partial charge in [0.05, 0.1) is 6.04 Å². The monoisotopic (exact) mass is 286 g/mol. The summed E-state index contributed by atoms with van der Waals surface area (Å²) in [5.74, 6) is 0.863. The van der Waals surface area contributed by atoms with E-state index in [9.17, 15) is 4.79 Å². The predicted octanol–water partition coefficient (Wildman–Crippen LogP) is 3.39. The lowest BCUT2D eigenvalue weighted by Gasteiger charge is -2.39. The summed E-state index contributed by atoms with van der Waals surface area (Å²) in [4.78, 5) is 14.8. The Hall–Kier alpha value is -1.35. The maximum absolute atomic E-state index is 12.7. The summed E-state index contributed by atoms with van der Waals surface area (Å²) in [5, 5.41) is 3.48. The number of aryl methyl sites for hydroxylation is 1. The highest BCUT2D eigenvalue weighted by Gasteiger charge is 2.43. The van der Waals surface area contributed by atoms with Gasteiger partial charge in [-0.1, -0.05) is 49.6 Å². The Labute approximate surface area is 127 Å². The van der Waals surface area contributed by atoms with Crippen LogP contribution in [0, 0.1) is 12.8 Å². The van der Waals surface area contributed by atoms with Crippen molar-refractivity contribution in [2.45, 2.75) is 64.7 Å². The highest BCUT2D eigenvalue weighted by Crippen LogP contribution is 2.36. The average molecular weight is 286 g/mol. The molecule has 2 fully saturated rings. The molecule has 4 unspecified atom stereocenters. The standard InChI is InChI=1S/C18H26N2O/c1-12-8-10-15(11-9-12)17-19-14(3)18(21)20(17)16-7-5-4-6-13(16)2/h8-11,13-14,16-17,19H,4-7H2,1-3H3. The van der Waals surface area contributed by atoms with Crippen LogP contribution in [0.15, 0.2) is 24.3 Å². The smallest absolute Gasteiger partial charge is 0.241 e. The largest absolute Gasteiger partial charge is 0.318 e. The number of carbonyl (C=O) groups is 1. The van der Waals surface area contributed by atoms with E-state index in [1.54, 1.807) is 0 Å². The molecule has 1 aliphatic heterocycles. The third kappa shape index (κ3) is 2.71. The van der Waals surface area contributed by atoms with Gasteiger partial charge in [-0.25, -0.2) is 0 Å². The second-order valence-electron chi connectivity index (χ2n) is 6.78. The molecule has 0 aromatic heterocycles. The van der Waals surface area contributed by atoms with Crippen LogP contribution in [0.4, 0.5) is 0 Å². The van der Waals surface area contributed by atoms with Crippen LogP contribution in [-0.2, 0) is 4.79 Å². The number of nitrogens with zero attached hydrogens (tertiary/aromatic N) is 1. The molecule has 1 N–H and O–H groups in total. The van der Waals surface area contributed by atoms with Gasteiger partial charge >= 0.3 is 0 Å². The number of hydrogen-bond donors (Lipinski definition) is 1. The van der Waals surface area contributed by atoms with Crippen molar-refractivity contribution < 1.29 is 4.79 Å². The van der Waals surface area contributed by atoms with Crippen LogP contribution in [-0.4, -0.2) is 22.9 Å². The van der Waals surface area contributed by atoms with E-state index in [1.165, 1.54) is 30.4 Å². The van der Waals surface area contributed by atoms with Gasteiger partial charge in [-0.15, -0.1) is 0 Å². The lowest BCUT2D eigenvalue weighted by atomic mass is 9.84. The molecule has 21 heavy (non-hydrogen) atoms. The summed E-state index contributed by atoms with van der Waals surface area (Å²) in [5.41, 5.74) is 2.46. The Morgan fingerprint density at radius 1 is 1.10 bits per heavy atom. The highest BCUT2D eigenvalue weighted by molar-refractivity contribution is 5.84. The van der Waals surface area contributed by atoms with E-state index in [0.717, 1.165) is 6.42 Å². The van der Waals surface area contributed by atoms with Gasteiger partial charge in [0, 0.05) is 6.04 Å². The summed E-state index contributed by atoms with van der Waals surface area (Å²) in [6, 6.07) is 8.87. The van der Waals surface area contributed by atoms with Crippen molar-refractivity contribution in [1.82, 2.24) is 10.2 Å². The third-order valence-electron chi connectivity index (χ3n) is 5.13. The molecule has 3 heteroatoms. The van der Waals surface area contributed by atoms with E-state index < -0.39 is 0 Å². The minimum absolute atomic E-state index is 0.0404. The SMILES string of the molecule is Cc1ccc(C2NC(C)C(=O)N2C2CCCCC2C)cc1. The molecule has 1 heterocycles. The molecule has 0 bridgehead atoms. The van der Waals surface area contributed by atoms with E-state index in [4.69, 9.17) is 0 Å². The Morgan fingerprint density at radius 2 is 1.76 bits per heavy atom. The maximum atomic E-state index is 12.7. The number of carbonyl (C=O) groups excluding carboxylic acids is 1. The number of amides is 1. The molecule has 1 amide bonds. The van der Waals surface area contributed by atoms with Gasteiger partial charge in [0.25, 0.3) is 0 Å². The minimum atomic E-state index is -0.0783. The van der Waals surface area contributed by atoms with Crippen LogP contribution in [0.3, 0.4) is 0 Å². The second kappa shape index (κ2) is 5.80. The molecule has 1 aromatic rings. The summed E-state index contributed by atoms with van der Waals surface area (Å²) in [6.45, 7) is 6.38. The Balaban J connectivity index is 1.90. The van der Waals surface area contributed by atoms with E-state index in [0.29, 0.717) is 12.0 Å². The molecule has 1 saturated carbocycles. The first-order valence-corrected chi connectivity index (χ1v) is 8.22. The normalized spacial score (nSPS) is 33.5. The topological polar surface area (TPSA) is 32.3 Å². The summed E-state index contributed by atoms with van der Waals surface area (Å²) in [6.07, 6.45) is 4.97. The van der Waals surface area contributed by atoms with Gasteiger partial charge in [-0.2, -0.15) is 0 Å². The molecule has 4 atom stereocenters. The molecule has 3 nitrogen and oxygen atoms in total. The van der Waals surface area contributed by atoms with Gasteiger partial charge < -0.3 is 4.90 Å². The Bertz CT molecular complexity index is 510. The zero-order valence-corrected chi connectivity index (χ0v) is 13.3. The van der Waals surface area contributed by atoms with Crippen LogP contribution in [0.25, 0.3) is 0 Å². The van der Waals surface area contributed by atoms with Crippen LogP contribution in [0.2, 0.25) is 0 Å². The van der Waals surface area contributed by atoms with Gasteiger partial charge in [-0.05, 0) is 38.2 Å². The van der Waals surface area contributed by atoms with Gasteiger partial charge in [0.15, 0.2) is 0 Å². The van der Waals surface area contributed by atoms with E-state index in [-0.39, 0.29) is 18.1 Å². The van der Waals surface area contributed by atoms with E-state index >= 15 is 0 Å². The number of benzene rings is 1. The van der Waals surface area contributed by atoms with Gasteiger partial charge in [0.1, 0.15) is 6.17 Å². The van der Waals surface area contributed by atoms with Crippen molar-refractivity contribution in [3.63, 3.8) is 0 Å². The predicted molar refractivity (Wildman–Crippen MR) is 84.8 cm³/mol. The lowest BCUT2D eigenvalue weighted by molar-refractivity contribution is -0.134. The van der Waals surface area contributed by atoms with Crippen molar-refractivity contribution in [2.75, 3.05) is 0 Å². The van der Waals surface area contributed by atoms with E-state index in [2.05, 4.69) is 48.3 Å². The molecular weight excluding hydrogens is 260 g/mol. The fraction of sp³-hybridized carbons (Fsp3) is 0.611. The average Bonchev–Trinajstić information content (AvgIpc) is 2.77. The number of rotatable bonds is 2. The molecule has 2 aliphatic rings. The van der Waals surface area contributed by atoms with Crippen LogP contribution >= 0.6 is 0 Å². The maximum Gasteiger partial charge on any atom is 0.241 e. The van der Waals surface area contributed by atoms with Crippen molar-refractivity contribution in [1.29, 1.82) is 0 Å². The Morgan fingerprint density at radius 3 is 2.43 bits per heavy atom. The van der Waals surface area contributed by atoms with Crippen molar-refractivity contribution >= 4 is 5.91 Å². The van der Waals surface area contributed by atoms with Crippen LogP contribution in [0.5, 0.6) is 0 Å². The zero-order chi connectivity index (χ0) is 15.0. The lowest BCUT2D eigenvalue weighted by Crippen LogP contribution is -2.45. The van der Waals surface area contributed by atoms with Crippen molar-refractivity contribution in [2.24, 2.45) is 5.92 Å². The molecule has 0 spiro atoms. The summed E-state index contributed by atoms with van der Waals surface area (Å²) in [7, 11) is 0. The minimum Gasteiger partial charge on any atom is -0.318 e. The van der Waals surface area contributed by atoms with Crippen molar-refractivity contribution in [3.8, 4) is 0 Å². The first-order valence-electron chi connectivity index (χ1n) is 8.22. The second-order valence-corrected chi connectivity index (χ2v) is 6.78. The molecule has 0 radical (unpaired) electrons. The highest BCUT2D eigenvalue weighted by atomic mass is 16.2. The first-order chi connectivity index (χ1) is 10.1. The molecule has 114 valence electrons. The molecule has 1 saturated heterocycles. The summed E-state index contributed by atoms with van der Waals surface area (Å²) < 4.78 is 0. The Kier molecular flexibility index (Phi) is 4.03. The van der Waals surface area contributed by atoms with Crippen LogP contribution < -0.4 is 5.32 Å². The first kappa shape index (κ1) is 14.6. The molecular formula is C18H26N2O. The number of nitrogens with one attached hydrogen (secondary N) is 1. The van der Waals surface area contributed by atoms with Crippen molar-refractivity contribution in [3.05, 3.63) is 35.4 Å². The molecule has 3 rings (SSSR count). The van der Waals surface area contributed by atoms with Gasteiger partial charge in [-0.3, -0.25) is 10.1 Å². The number of hydrogen-bond acceptors (Lipinski definition) is 2. The van der Waals surface area contributed by atoms with Gasteiger partial charge in [0.2, 0.25) is 5.91 Å². The fourth-order valence-corrected chi connectivity index (χ4v) is 3.81. The summed E-state index contributed by atoms with van der Waals surface area (Å²) >= 11 is 0. The van der Waals surface area contributed by atoms with Crippen LogP contribution in [0.1, 0.15) is 56.8 Å². The van der Waals surface area contributed by atoms with E-state index in [1.807, 2.05) is 6.92 Å². The quantitative estimate of drug-likeness (QED) is 0.904. The fourth-order valence-electron chi connectivity index (χ4n) is 3.81.